The highest BCUT2D eigenvalue weighted by molar-refractivity contribution is 8.03. The van der Waals surface area contributed by atoms with Gasteiger partial charge < -0.3 is 0 Å². The van der Waals surface area contributed by atoms with Crippen molar-refractivity contribution < 1.29 is 0 Å². The summed E-state index contributed by atoms with van der Waals surface area (Å²) in [5, 5.41) is 5.95. The molecule has 0 spiro atoms. The molecule has 0 saturated heterocycles. The van der Waals surface area contributed by atoms with Gasteiger partial charge >= 0.3 is 0 Å². The maximum Gasteiger partial charge on any atom is 0.0411 e. The molecule has 1 aromatic rings. The minimum absolute atomic E-state index is 1.00. The standard InChI is InChI=1S/C12H10S2/c1-13-9-7-11-5-3-4-6-12(11)8-10-14-2/h3-6H,1-2H3. The summed E-state index contributed by atoms with van der Waals surface area (Å²) in [6.07, 6.45) is 3.92. The maximum absolute atomic E-state index is 3.07. The number of rotatable bonds is 0. The third kappa shape index (κ3) is 3.42. The van der Waals surface area contributed by atoms with Gasteiger partial charge in [0.1, 0.15) is 0 Å². The van der Waals surface area contributed by atoms with E-state index in [4.69, 9.17) is 0 Å². The molecule has 0 unspecified atom stereocenters. The highest BCUT2D eigenvalue weighted by atomic mass is 32.2. The van der Waals surface area contributed by atoms with Crippen molar-refractivity contribution in [2.75, 3.05) is 12.5 Å². The van der Waals surface area contributed by atoms with Gasteiger partial charge in [-0.15, -0.1) is 0 Å². The van der Waals surface area contributed by atoms with Crippen LogP contribution in [0.3, 0.4) is 0 Å². The molecule has 0 N–H and O–H groups in total. The first kappa shape index (κ1) is 11.1. The molecule has 0 radical (unpaired) electrons. The first-order valence-electron chi connectivity index (χ1n) is 4.05. The van der Waals surface area contributed by atoms with Gasteiger partial charge in [-0.1, -0.05) is 47.5 Å². The van der Waals surface area contributed by atoms with E-state index in [-0.39, 0.29) is 0 Å². The van der Waals surface area contributed by atoms with E-state index in [9.17, 15) is 0 Å². The molecule has 0 atom stereocenters. The maximum atomic E-state index is 3.07. The molecule has 14 heavy (non-hydrogen) atoms. The summed E-state index contributed by atoms with van der Waals surface area (Å²) in [6.45, 7) is 0. The quantitative estimate of drug-likeness (QED) is 0.614. The Hall–Kier alpha value is -0.960. The van der Waals surface area contributed by atoms with Gasteiger partial charge in [-0.2, -0.15) is 0 Å². The highest BCUT2D eigenvalue weighted by Gasteiger charge is 1.93. The zero-order valence-corrected chi connectivity index (χ0v) is 9.76. The SMILES string of the molecule is CSC#Cc1ccccc1C#CSC. The topological polar surface area (TPSA) is 0 Å². The monoisotopic (exact) mass is 218 g/mol. The zero-order chi connectivity index (χ0) is 10.2. The fraction of sp³-hybridized carbons (Fsp3) is 0.167. The van der Waals surface area contributed by atoms with Crippen LogP contribution in [0.2, 0.25) is 0 Å². The van der Waals surface area contributed by atoms with E-state index in [0.717, 1.165) is 11.1 Å². The van der Waals surface area contributed by atoms with Crippen LogP contribution in [-0.2, 0) is 0 Å². The van der Waals surface area contributed by atoms with Gasteiger partial charge in [0.25, 0.3) is 0 Å². The van der Waals surface area contributed by atoms with Crippen LogP contribution >= 0.6 is 23.5 Å². The van der Waals surface area contributed by atoms with Gasteiger partial charge in [0.05, 0.1) is 0 Å². The second-order valence-electron chi connectivity index (χ2n) is 2.41. The molecule has 0 aliphatic heterocycles. The lowest BCUT2D eigenvalue weighted by Crippen LogP contribution is -1.81. The van der Waals surface area contributed by atoms with Crippen molar-refractivity contribution in [2.45, 2.75) is 0 Å². The smallest absolute Gasteiger partial charge is 0.0411 e. The Morgan fingerprint density at radius 1 is 0.857 bits per heavy atom. The molecule has 0 aliphatic rings. The predicted molar refractivity (Wildman–Crippen MR) is 67.2 cm³/mol. The van der Waals surface area contributed by atoms with Gasteiger partial charge in [-0.3, -0.25) is 0 Å². The summed E-state index contributed by atoms with van der Waals surface area (Å²) in [4.78, 5) is 0. The predicted octanol–water partition coefficient (Wildman–Crippen LogP) is 3.03. The first-order chi connectivity index (χ1) is 6.88. The molecular formula is C12H10S2. The van der Waals surface area contributed by atoms with Crippen molar-refractivity contribution in [3.8, 4) is 22.3 Å². The Kier molecular flexibility index (Phi) is 5.15. The summed E-state index contributed by atoms with van der Waals surface area (Å²) in [5.41, 5.74) is 2.01. The fourth-order valence-electron chi connectivity index (χ4n) is 0.913. The number of hydrogen-bond donors (Lipinski definition) is 0. The van der Waals surface area contributed by atoms with Crippen molar-refractivity contribution in [3.63, 3.8) is 0 Å². The Morgan fingerprint density at radius 3 is 1.64 bits per heavy atom. The van der Waals surface area contributed by atoms with E-state index in [0.29, 0.717) is 0 Å². The molecule has 0 aliphatic carbocycles. The lowest BCUT2D eigenvalue weighted by molar-refractivity contribution is 1.59. The van der Waals surface area contributed by atoms with Gasteiger partial charge in [0.2, 0.25) is 0 Å². The third-order valence-corrected chi connectivity index (χ3v) is 2.11. The molecule has 0 amide bonds. The van der Waals surface area contributed by atoms with E-state index < -0.39 is 0 Å². The molecule has 0 saturated carbocycles. The molecule has 0 nitrogen and oxygen atoms in total. The number of benzene rings is 1. The van der Waals surface area contributed by atoms with Gasteiger partial charge in [-0.25, -0.2) is 0 Å². The first-order valence-corrected chi connectivity index (χ1v) is 6.50. The summed E-state index contributed by atoms with van der Waals surface area (Å²) in [6, 6.07) is 7.95. The van der Waals surface area contributed by atoms with E-state index >= 15 is 0 Å². The summed E-state index contributed by atoms with van der Waals surface area (Å²) < 4.78 is 0. The second kappa shape index (κ2) is 6.49. The Labute approximate surface area is 93.9 Å². The van der Waals surface area contributed by atoms with Crippen LogP contribution < -0.4 is 0 Å². The molecule has 1 aromatic carbocycles. The molecular weight excluding hydrogens is 208 g/mol. The van der Waals surface area contributed by atoms with E-state index in [1.54, 1.807) is 0 Å². The Balaban J connectivity index is 3.03. The summed E-state index contributed by atoms with van der Waals surface area (Å²) in [7, 11) is 0. The minimum Gasteiger partial charge on any atom is -0.0781 e. The Morgan fingerprint density at radius 2 is 1.29 bits per heavy atom. The number of hydrogen-bond acceptors (Lipinski definition) is 2. The normalized spacial score (nSPS) is 8.14. The molecule has 0 bridgehead atoms. The van der Waals surface area contributed by atoms with E-state index in [2.05, 4.69) is 22.3 Å². The molecule has 0 aromatic heterocycles. The van der Waals surface area contributed by atoms with Crippen molar-refractivity contribution >= 4 is 23.5 Å². The van der Waals surface area contributed by atoms with Crippen LogP contribution in [0.5, 0.6) is 0 Å². The molecule has 1 rings (SSSR count). The highest BCUT2D eigenvalue weighted by Crippen LogP contribution is 2.06. The van der Waals surface area contributed by atoms with Crippen LogP contribution in [0.1, 0.15) is 11.1 Å². The fourth-order valence-corrected chi connectivity index (χ4v) is 1.34. The van der Waals surface area contributed by atoms with Crippen LogP contribution in [-0.4, -0.2) is 12.5 Å². The molecule has 0 heterocycles. The second-order valence-corrected chi connectivity index (χ2v) is 3.63. The minimum atomic E-state index is 1.00. The summed E-state index contributed by atoms with van der Waals surface area (Å²) in [5.74, 6) is 6.15. The average Bonchev–Trinajstić information content (AvgIpc) is 2.24. The van der Waals surface area contributed by atoms with Gasteiger partial charge in [0, 0.05) is 11.1 Å². The molecule has 2 heteroatoms. The Bertz CT molecular complexity index is 372. The van der Waals surface area contributed by atoms with Crippen LogP contribution in [0.25, 0.3) is 0 Å². The van der Waals surface area contributed by atoms with E-state index in [1.807, 2.05) is 36.8 Å². The lowest BCUT2D eigenvalue weighted by Gasteiger charge is -1.93. The molecule has 70 valence electrons. The average molecular weight is 218 g/mol. The lowest BCUT2D eigenvalue weighted by atomic mass is 10.1. The number of thioether (sulfide) groups is 2. The van der Waals surface area contributed by atoms with Gasteiger partial charge in [-0.05, 0) is 35.1 Å². The van der Waals surface area contributed by atoms with Crippen LogP contribution in [0.4, 0.5) is 0 Å². The summed E-state index contributed by atoms with van der Waals surface area (Å²) >= 11 is 3.03. The van der Waals surface area contributed by atoms with Crippen LogP contribution in [0, 0.1) is 22.3 Å². The van der Waals surface area contributed by atoms with Crippen molar-refractivity contribution in [1.29, 1.82) is 0 Å². The molecule has 0 fully saturated rings. The van der Waals surface area contributed by atoms with Crippen molar-refractivity contribution in [2.24, 2.45) is 0 Å². The largest absolute Gasteiger partial charge is 0.0781 e. The third-order valence-electron chi connectivity index (χ3n) is 1.50. The van der Waals surface area contributed by atoms with E-state index in [1.165, 1.54) is 23.5 Å². The van der Waals surface area contributed by atoms with Crippen molar-refractivity contribution in [1.82, 2.24) is 0 Å². The zero-order valence-electron chi connectivity index (χ0n) is 8.13. The van der Waals surface area contributed by atoms with Crippen molar-refractivity contribution in [3.05, 3.63) is 35.4 Å². The van der Waals surface area contributed by atoms with Gasteiger partial charge in [0.15, 0.2) is 0 Å². The van der Waals surface area contributed by atoms with Crippen LogP contribution in [0.15, 0.2) is 24.3 Å².